The van der Waals surface area contributed by atoms with Crippen molar-refractivity contribution in [3.63, 3.8) is 0 Å². The summed E-state index contributed by atoms with van der Waals surface area (Å²) in [5.74, 6) is -0.649. The average molecular weight is 247 g/mol. The van der Waals surface area contributed by atoms with Gasteiger partial charge in [-0.1, -0.05) is 6.92 Å². The Kier molecular flexibility index (Phi) is 5.62. The fourth-order valence-corrected chi connectivity index (χ4v) is 2.25. The summed E-state index contributed by atoms with van der Waals surface area (Å²) in [6.07, 6.45) is 0.870. The van der Waals surface area contributed by atoms with E-state index in [0.29, 0.717) is 19.8 Å². The number of aliphatic carboxylic acids is 1. The Hall–Kier alpha value is -0.750. The quantitative estimate of drug-likeness (QED) is 0.763. The van der Waals surface area contributed by atoms with Gasteiger partial charge >= 0.3 is 5.97 Å². The van der Waals surface area contributed by atoms with Crippen molar-refractivity contribution >= 4 is 23.6 Å². The number of carbonyl (C=O) groups is 2. The monoisotopic (exact) mass is 247 g/mol. The Morgan fingerprint density at radius 1 is 1.50 bits per heavy atom. The molecule has 0 aliphatic carbocycles. The highest BCUT2D eigenvalue weighted by atomic mass is 32.2. The molecule has 1 heterocycles. The molecule has 1 aliphatic rings. The van der Waals surface area contributed by atoms with Crippen LogP contribution >= 0.6 is 11.8 Å². The molecule has 1 fully saturated rings. The van der Waals surface area contributed by atoms with Crippen LogP contribution in [0, 0.1) is 0 Å². The number of nitrogens with zero attached hydrogens (tertiary/aromatic N) is 1. The highest BCUT2D eigenvalue weighted by Gasteiger charge is 2.25. The van der Waals surface area contributed by atoms with Crippen molar-refractivity contribution < 1.29 is 19.4 Å². The van der Waals surface area contributed by atoms with E-state index >= 15 is 0 Å². The van der Waals surface area contributed by atoms with E-state index in [0.717, 1.165) is 18.2 Å². The number of hydrogen-bond donors (Lipinski definition) is 1. The molecule has 0 aromatic heterocycles. The second-order valence-electron chi connectivity index (χ2n) is 3.61. The third kappa shape index (κ3) is 4.02. The molecule has 1 amide bonds. The lowest BCUT2D eigenvalue weighted by Gasteiger charge is -2.35. The molecule has 1 saturated heterocycles. The van der Waals surface area contributed by atoms with E-state index in [2.05, 4.69) is 0 Å². The highest BCUT2D eigenvalue weighted by Crippen LogP contribution is 2.12. The molecule has 1 aliphatic heterocycles. The normalized spacial score (nSPS) is 20.8. The molecular weight excluding hydrogens is 230 g/mol. The summed E-state index contributed by atoms with van der Waals surface area (Å²) in [6.45, 7) is 3.80. The first-order valence-corrected chi connectivity index (χ1v) is 6.47. The van der Waals surface area contributed by atoms with E-state index in [1.54, 1.807) is 4.90 Å². The Labute approximate surface area is 99.1 Å². The van der Waals surface area contributed by atoms with Crippen LogP contribution in [-0.2, 0) is 14.3 Å². The molecular formula is C10H17NO4S. The van der Waals surface area contributed by atoms with Crippen LogP contribution in [0.1, 0.15) is 13.3 Å². The second kappa shape index (κ2) is 6.75. The largest absolute Gasteiger partial charge is 0.481 e. The highest BCUT2D eigenvalue weighted by molar-refractivity contribution is 8.00. The van der Waals surface area contributed by atoms with Crippen LogP contribution in [-0.4, -0.2) is 59.2 Å². The van der Waals surface area contributed by atoms with Crippen molar-refractivity contribution in [3.8, 4) is 0 Å². The van der Waals surface area contributed by atoms with Crippen molar-refractivity contribution in [1.82, 2.24) is 4.90 Å². The zero-order valence-corrected chi connectivity index (χ0v) is 10.2. The lowest BCUT2D eigenvalue weighted by Crippen LogP contribution is -2.49. The molecule has 6 heteroatoms. The van der Waals surface area contributed by atoms with Gasteiger partial charge < -0.3 is 14.7 Å². The van der Waals surface area contributed by atoms with Gasteiger partial charge in [0.2, 0.25) is 5.91 Å². The number of ether oxygens (including phenoxy) is 1. The second-order valence-corrected chi connectivity index (χ2v) is 4.60. The lowest BCUT2D eigenvalue weighted by atomic mass is 10.2. The molecule has 1 atom stereocenters. The molecule has 0 aromatic carbocycles. The summed E-state index contributed by atoms with van der Waals surface area (Å²) >= 11 is 1.14. The minimum atomic E-state index is -0.883. The van der Waals surface area contributed by atoms with E-state index in [1.807, 2.05) is 6.92 Å². The van der Waals surface area contributed by atoms with Crippen LogP contribution in [0.15, 0.2) is 0 Å². The van der Waals surface area contributed by atoms with Crippen LogP contribution in [0.25, 0.3) is 0 Å². The Morgan fingerprint density at radius 3 is 2.88 bits per heavy atom. The van der Waals surface area contributed by atoms with Crippen LogP contribution < -0.4 is 0 Å². The molecule has 16 heavy (non-hydrogen) atoms. The molecule has 0 radical (unpaired) electrons. The summed E-state index contributed by atoms with van der Waals surface area (Å²) < 4.78 is 5.30. The summed E-state index contributed by atoms with van der Waals surface area (Å²) in [6, 6.07) is 0.145. The van der Waals surface area contributed by atoms with Gasteiger partial charge in [0.1, 0.15) is 0 Å². The van der Waals surface area contributed by atoms with E-state index in [-0.39, 0.29) is 23.5 Å². The molecule has 92 valence electrons. The number of thioether (sulfide) groups is 1. The smallest absolute Gasteiger partial charge is 0.313 e. The maximum Gasteiger partial charge on any atom is 0.313 e. The maximum absolute atomic E-state index is 11.8. The zero-order valence-electron chi connectivity index (χ0n) is 9.35. The maximum atomic E-state index is 11.8. The SMILES string of the molecule is CCC1COCCN1C(=O)CSCC(=O)O. The number of carboxylic acid groups (broad SMARTS) is 1. The number of amides is 1. The zero-order chi connectivity index (χ0) is 12.0. The fraction of sp³-hybridized carbons (Fsp3) is 0.800. The molecule has 0 saturated carbocycles. The lowest BCUT2D eigenvalue weighted by molar-refractivity contribution is -0.137. The fourth-order valence-electron chi connectivity index (χ4n) is 1.63. The van der Waals surface area contributed by atoms with E-state index in [9.17, 15) is 9.59 Å². The van der Waals surface area contributed by atoms with E-state index in [4.69, 9.17) is 9.84 Å². The number of carbonyl (C=O) groups excluding carboxylic acids is 1. The van der Waals surface area contributed by atoms with Crippen molar-refractivity contribution in [2.45, 2.75) is 19.4 Å². The number of morpholine rings is 1. The summed E-state index contributed by atoms with van der Waals surface area (Å²) in [7, 11) is 0. The Bertz CT molecular complexity index is 259. The van der Waals surface area contributed by atoms with Gasteiger partial charge in [0, 0.05) is 6.54 Å². The van der Waals surface area contributed by atoms with E-state index < -0.39 is 5.97 Å². The predicted octanol–water partition coefficient (Wildman–Crippen LogP) is 0.442. The van der Waals surface area contributed by atoms with Crippen molar-refractivity contribution in [2.75, 3.05) is 31.3 Å². The van der Waals surface area contributed by atoms with Crippen LogP contribution in [0.3, 0.4) is 0 Å². The molecule has 5 nitrogen and oxygen atoms in total. The van der Waals surface area contributed by atoms with Gasteiger partial charge in [-0.3, -0.25) is 9.59 Å². The molecule has 1 unspecified atom stereocenters. The molecule has 1 N–H and O–H groups in total. The first-order chi connectivity index (χ1) is 7.65. The van der Waals surface area contributed by atoms with Crippen molar-refractivity contribution in [1.29, 1.82) is 0 Å². The minimum Gasteiger partial charge on any atom is -0.481 e. The van der Waals surface area contributed by atoms with Crippen LogP contribution in [0.4, 0.5) is 0 Å². The van der Waals surface area contributed by atoms with Gasteiger partial charge in [-0.15, -0.1) is 11.8 Å². The number of hydrogen-bond acceptors (Lipinski definition) is 4. The van der Waals surface area contributed by atoms with Crippen LogP contribution in [0.5, 0.6) is 0 Å². The van der Waals surface area contributed by atoms with Gasteiger partial charge in [0.15, 0.2) is 0 Å². The Morgan fingerprint density at radius 2 is 2.25 bits per heavy atom. The molecule has 0 bridgehead atoms. The summed E-state index contributed by atoms with van der Waals surface area (Å²) in [4.78, 5) is 23.9. The van der Waals surface area contributed by atoms with Crippen molar-refractivity contribution in [3.05, 3.63) is 0 Å². The van der Waals surface area contributed by atoms with Gasteiger partial charge in [0.25, 0.3) is 0 Å². The molecule has 1 rings (SSSR count). The number of carboxylic acids is 1. The Balaban J connectivity index is 2.35. The van der Waals surface area contributed by atoms with Crippen molar-refractivity contribution in [2.24, 2.45) is 0 Å². The number of rotatable bonds is 5. The molecule has 0 spiro atoms. The van der Waals surface area contributed by atoms with Gasteiger partial charge in [-0.2, -0.15) is 0 Å². The first-order valence-electron chi connectivity index (χ1n) is 5.32. The minimum absolute atomic E-state index is 0.0152. The molecule has 0 aromatic rings. The third-order valence-electron chi connectivity index (χ3n) is 2.47. The first kappa shape index (κ1) is 13.3. The average Bonchev–Trinajstić information content (AvgIpc) is 2.28. The van der Waals surface area contributed by atoms with Gasteiger partial charge in [0.05, 0.1) is 30.8 Å². The van der Waals surface area contributed by atoms with E-state index in [1.165, 1.54) is 0 Å². The summed E-state index contributed by atoms with van der Waals surface area (Å²) in [5, 5.41) is 8.47. The standard InChI is InChI=1S/C10H17NO4S/c1-2-8-5-15-4-3-11(8)9(12)6-16-7-10(13)14/h8H,2-7H2,1H3,(H,13,14). The summed E-state index contributed by atoms with van der Waals surface area (Å²) in [5.41, 5.74) is 0. The predicted molar refractivity (Wildman–Crippen MR) is 61.6 cm³/mol. The van der Waals surface area contributed by atoms with Gasteiger partial charge in [-0.05, 0) is 6.42 Å². The third-order valence-corrected chi connectivity index (χ3v) is 3.37. The topological polar surface area (TPSA) is 66.8 Å². The van der Waals surface area contributed by atoms with Crippen LogP contribution in [0.2, 0.25) is 0 Å². The van der Waals surface area contributed by atoms with Gasteiger partial charge in [-0.25, -0.2) is 0 Å².